The molecule has 0 amide bonds. The SMILES string of the molecule is COC(=O)c1nc(Br)sc1-c1cccc(C(F)F)c1. The van der Waals surface area contributed by atoms with Crippen LogP contribution in [0, 0.1) is 0 Å². The number of benzene rings is 1. The first-order valence-electron chi connectivity index (χ1n) is 5.16. The number of aromatic nitrogens is 1. The number of alkyl halides is 2. The lowest BCUT2D eigenvalue weighted by molar-refractivity contribution is 0.0595. The molecular formula is C12H8BrF2NO2S. The molecule has 0 aliphatic carbocycles. The molecule has 0 saturated carbocycles. The average Bonchev–Trinajstić information content (AvgIpc) is 2.80. The third-order valence-corrected chi connectivity index (χ3v) is 3.94. The molecule has 1 aromatic carbocycles. The largest absolute Gasteiger partial charge is 0.464 e. The number of ether oxygens (including phenoxy) is 1. The highest BCUT2D eigenvalue weighted by Gasteiger charge is 2.20. The van der Waals surface area contributed by atoms with E-state index in [9.17, 15) is 13.6 Å². The van der Waals surface area contributed by atoms with Crippen molar-refractivity contribution in [1.29, 1.82) is 0 Å². The van der Waals surface area contributed by atoms with E-state index >= 15 is 0 Å². The number of nitrogens with zero attached hydrogens (tertiary/aromatic N) is 1. The van der Waals surface area contributed by atoms with Crippen LogP contribution in [0.3, 0.4) is 0 Å². The summed E-state index contributed by atoms with van der Waals surface area (Å²) in [6.45, 7) is 0. The standard InChI is InChI=1S/C12H8BrF2NO2S/c1-18-11(17)8-9(19-12(13)16-8)6-3-2-4-7(5-6)10(14)15/h2-5,10H,1H3. The van der Waals surface area contributed by atoms with Crippen molar-refractivity contribution in [1.82, 2.24) is 4.98 Å². The minimum Gasteiger partial charge on any atom is -0.464 e. The highest BCUT2D eigenvalue weighted by Crippen LogP contribution is 2.35. The topological polar surface area (TPSA) is 39.2 Å². The summed E-state index contributed by atoms with van der Waals surface area (Å²) in [5, 5.41) is 0. The normalized spacial score (nSPS) is 10.8. The summed E-state index contributed by atoms with van der Waals surface area (Å²) in [6.07, 6.45) is -2.56. The van der Waals surface area contributed by atoms with Crippen LogP contribution in [0.25, 0.3) is 10.4 Å². The zero-order valence-corrected chi connectivity index (χ0v) is 12.1. The van der Waals surface area contributed by atoms with Gasteiger partial charge in [-0.05, 0) is 27.6 Å². The number of carbonyl (C=O) groups excluding carboxylic acids is 1. The van der Waals surface area contributed by atoms with Crippen molar-refractivity contribution in [2.24, 2.45) is 0 Å². The van der Waals surface area contributed by atoms with Crippen LogP contribution >= 0.6 is 27.3 Å². The van der Waals surface area contributed by atoms with Crippen LogP contribution < -0.4 is 0 Å². The molecule has 0 aliphatic rings. The Balaban J connectivity index is 2.52. The van der Waals surface area contributed by atoms with Crippen molar-refractivity contribution in [2.75, 3.05) is 7.11 Å². The molecule has 0 spiro atoms. The van der Waals surface area contributed by atoms with Crippen molar-refractivity contribution in [3.8, 4) is 10.4 Å². The lowest BCUT2D eigenvalue weighted by atomic mass is 10.1. The van der Waals surface area contributed by atoms with Crippen LogP contribution in [0.4, 0.5) is 8.78 Å². The lowest BCUT2D eigenvalue weighted by Gasteiger charge is -2.04. The molecule has 100 valence electrons. The van der Waals surface area contributed by atoms with Gasteiger partial charge in [0.25, 0.3) is 6.43 Å². The molecule has 0 saturated heterocycles. The van der Waals surface area contributed by atoms with Gasteiger partial charge in [0.2, 0.25) is 0 Å². The van der Waals surface area contributed by atoms with Gasteiger partial charge in [-0.3, -0.25) is 0 Å². The first-order valence-corrected chi connectivity index (χ1v) is 6.77. The van der Waals surface area contributed by atoms with Crippen LogP contribution in [0.15, 0.2) is 28.2 Å². The summed E-state index contributed by atoms with van der Waals surface area (Å²) in [5.74, 6) is -0.598. The average molecular weight is 348 g/mol. The summed E-state index contributed by atoms with van der Waals surface area (Å²) in [7, 11) is 1.24. The van der Waals surface area contributed by atoms with Gasteiger partial charge in [0.05, 0.1) is 12.0 Å². The van der Waals surface area contributed by atoms with E-state index in [-0.39, 0.29) is 11.3 Å². The van der Waals surface area contributed by atoms with E-state index in [1.807, 2.05) is 0 Å². The molecule has 2 rings (SSSR count). The predicted octanol–water partition coefficient (Wildman–Crippen LogP) is 4.30. The molecule has 0 N–H and O–H groups in total. The van der Waals surface area contributed by atoms with E-state index in [2.05, 4.69) is 25.7 Å². The summed E-state index contributed by atoms with van der Waals surface area (Å²) >= 11 is 4.37. The highest BCUT2D eigenvalue weighted by atomic mass is 79.9. The maximum absolute atomic E-state index is 12.7. The molecule has 7 heteroatoms. The van der Waals surface area contributed by atoms with Gasteiger partial charge in [0.15, 0.2) is 9.61 Å². The van der Waals surface area contributed by atoms with Gasteiger partial charge in [0, 0.05) is 5.56 Å². The fraction of sp³-hybridized carbons (Fsp3) is 0.167. The number of carbonyl (C=O) groups is 1. The van der Waals surface area contributed by atoms with Gasteiger partial charge in [-0.25, -0.2) is 18.6 Å². The summed E-state index contributed by atoms with van der Waals surface area (Å²) in [4.78, 5) is 16.1. The van der Waals surface area contributed by atoms with Gasteiger partial charge in [-0.1, -0.05) is 18.2 Å². The Hall–Kier alpha value is -1.34. The molecule has 0 fully saturated rings. The number of halogens is 3. The minimum absolute atomic E-state index is 0.0992. The van der Waals surface area contributed by atoms with Crippen LogP contribution in [0.2, 0.25) is 0 Å². The van der Waals surface area contributed by atoms with Gasteiger partial charge >= 0.3 is 5.97 Å². The fourth-order valence-corrected chi connectivity index (χ4v) is 2.98. The van der Waals surface area contributed by atoms with Gasteiger partial charge in [0.1, 0.15) is 0 Å². The number of esters is 1. The molecule has 0 radical (unpaired) electrons. The second-order valence-electron chi connectivity index (χ2n) is 3.56. The zero-order chi connectivity index (χ0) is 14.0. The number of rotatable bonds is 3. The Morgan fingerprint density at radius 2 is 2.21 bits per heavy atom. The number of hydrogen-bond donors (Lipinski definition) is 0. The smallest absolute Gasteiger partial charge is 0.358 e. The summed E-state index contributed by atoms with van der Waals surface area (Å²) < 4.78 is 30.5. The lowest BCUT2D eigenvalue weighted by Crippen LogP contribution is -2.03. The second kappa shape index (κ2) is 5.75. The van der Waals surface area contributed by atoms with Crippen LogP contribution in [0.5, 0.6) is 0 Å². The van der Waals surface area contributed by atoms with Gasteiger partial charge < -0.3 is 4.74 Å². The molecule has 0 aliphatic heterocycles. The van der Waals surface area contributed by atoms with Crippen molar-refractivity contribution >= 4 is 33.2 Å². The van der Waals surface area contributed by atoms with Crippen molar-refractivity contribution in [3.63, 3.8) is 0 Å². The van der Waals surface area contributed by atoms with Crippen LogP contribution in [0.1, 0.15) is 22.5 Å². The maximum atomic E-state index is 12.7. The van der Waals surface area contributed by atoms with E-state index in [4.69, 9.17) is 0 Å². The Kier molecular flexibility index (Phi) is 4.26. The molecular weight excluding hydrogens is 340 g/mol. The van der Waals surface area contributed by atoms with E-state index in [0.717, 1.165) is 0 Å². The second-order valence-corrected chi connectivity index (χ2v) is 5.84. The van der Waals surface area contributed by atoms with E-state index < -0.39 is 12.4 Å². The fourth-order valence-electron chi connectivity index (χ4n) is 1.54. The van der Waals surface area contributed by atoms with Gasteiger partial charge in [-0.15, -0.1) is 11.3 Å². The summed E-state index contributed by atoms with van der Waals surface area (Å²) in [5.41, 5.74) is 0.532. The predicted molar refractivity (Wildman–Crippen MR) is 71.5 cm³/mol. The van der Waals surface area contributed by atoms with Crippen LogP contribution in [-0.2, 0) is 4.74 Å². The Morgan fingerprint density at radius 3 is 2.84 bits per heavy atom. The van der Waals surface area contributed by atoms with E-state index in [1.165, 1.54) is 36.6 Å². The number of thiazole rings is 1. The molecule has 0 unspecified atom stereocenters. The molecule has 1 aromatic heterocycles. The molecule has 3 nitrogen and oxygen atoms in total. The highest BCUT2D eigenvalue weighted by molar-refractivity contribution is 9.11. The number of hydrogen-bond acceptors (Lipinski definition) is 4. The van der Waals surface area contributed by atoms with E-state index in [1.54, 1.807) is 6.07 Å². The molecule has 0 bridgehead atoms. The van der Waals surface area contributed by atoms with Crippen molar-refractivity contribution < 1.29 is 18.3 Å². The number of methoxy groups -OCH3 is 1. The minimum atomic E-state index is -2.56. The first kappa shape index (κ1) is 14.1. The van der Waals surface area contributed by atoms with E-state index in [0.29, 0.717) is 14.4 Å². The quantitative estimate of drug-likeness (QED) is 0.777. The molecule has 19 heavy (non-hydrogen) atoms. The molecule has 2 aromatic rings. The maximum Gasteiger partial charge on any atom is 0.358 e. The summed E-state index contributed by atoms with van der Waals surface area (Å²) in [6, 6.07) is 5.85. The monoisotopic (exact) mass is 347 g/mol. The zero-order valence-electron chi connectivity index (χ0n) is 9.69. The first-order chi connectivity index (χ1) is 9.02. The van der Waals surface area contributed by atoms with Crippen LogP contribution in [-0.4, -0.2) is 18.1 Å². The third-order valence-electron chi connectivity index (χ3n) is 2.38. The Bertz CT molecular complexity index is 616. The van der Waals surface area contributed by atoms with Crippen molar-refractivity contribution in [2.45, 2.75) is 6.43 Å². The Morgan fingerprint density at radius 1 is 1.47 bits per heavy atom. The Labute approximate surface area is 120 Å². The van der Waals surface area contributed by atoms with Gasteiger partial charge in [-0.2, -0.15) is 0 Å². The molecule has 0 atom stereocenters. The third kappa shape index (κ3) is 2.98. The van der Waals surface area contributed by atoms with Crippen molar-refractivity contribution in [3.05, 3.63) is 39.4 Å². The molecule has 1 heterocycles.